The normalized spacial score (nSPS) is 12.8. The molecule has 0 amide bonds. The summed E-state index contributed by atoms with van der Waals surface area (Å²) in [6.45, 7) is 4.04. The highest BCUT2D eigenvalue weighted by atomic mass is 35.5. The number of aryl methyl sites for hydroxylation is 2. The number of hydrogen-bond acceptors (Lipinski definition) is 2. The summed E-state index contributed by atoms with van der Waals surface area (Å²) in [7, 11) is 0. The molecule has 0 saturated heterocycles. The summed E-state index contributed by atoms with van der Waals surface area (Å²) >= 11 is 7.63. The summed E-state index contributed by atoms with van der Waals surface area (Å²) in [6, 6.07) is 6.40. The van der Waals surface area contributed by atoms with Gasteiger partial charge in [0, 0.05) is 9.75 Å². The Balaban J connectivity index is 2.47. The molecule has 0 aliphatic carbocycles. The summed E-state index contributed by atoms with van der Waals surface area (Å²) in [6.07, 6.45) is 0. The van der Waals surface area contributed by atoms with E-state index in [0.717, 1.165) is 10.4 Å². The molecule has 2 rings (SSSR count). The fourth-order valence-electron chi connectivity index (χ4n) is 1.89. The molecule has 17 heavy (non-hydrogen) atoms. The largest absolute Gasteiger partial charge is 0.320 e. The number of rotatable bonds is 2. The third kappa shape index (κ3) is 2.37. The second kappa shape index (κ2) is 4.77. The zero-order valence-electron chi connectivity index (χ0n) is 9.63. The van der Waals surface area contributed by atoms with Crippen molar-refractivity contribution in [2.45, 2.75) is 19.9 Å². The standard InChI is InChI=1S/C13H13ClFNS/c1-7-6-10(8(2)17-7)13(16)9-4-3-5-11(15)12(9)14/h3-6,13H,16H2,1-2H3. The van der Waals surface area contributed by atoms with Crippen LogP contribution in [0.5, 0.6) is 0 Å². The minimum absolute atomic E-state index is 0.114. The van der Waals surface area contributed by atoms with Crippen LogP contribution in [0.1, 0.15) is 26.9 Å². The van der Waals surface area contributed by atoms with Gasteiger partial charge >= 0.3 is 0 Å². The van der Waals surface area contributed by atoms with Gasteiger partial charge in [0.2, 0.25) is 0 Å². The van der Waals surface area contributed by atoms with Crippen molar-refractivity contribution in [1.29, 1.82) is 0 Å². The van der Waals surface area contributed by atoms with Crippen LogP contribution in [0, 0.1) is 19.7 Å². The Kier molecular flexibility index (Phi) is 3.52. The van der Waals surface area contributed by atoms with E-state index >= 15 is 0 Å². The van der Waals surface area contributed by atoms with Gasteiger partial charge in [-0.2, -0.15) is 0 Å². The van der Waals surface area contributed by atoms with E-state index in [1.807, 2.05) is 19.9 Å². The Morgan fingerprint density at radius 2 is 2.00 bits per heavy atom. The van der Waals surface area contributed by atoms with E-state index in [-0.39, 0.29) is 11.1 Å². The first-order chi connectivity index (χ1) is 8.00. The van der Waals surface area contributed by atoms with Crippen LogP contribution in [0.3, 0.4) is 0 Å². The maximum absolute atomic E-state index is 13.4. The second-order valence-electron chi connectivity index (χ2n) is 3.99. The Hall–Kier alpha value is -0.900. The number of hydrogen-bond donors (Lipinski definition) is 1. The van der Waals surface area contributed by atoms with Crippen LogP contribution in [-0.2, 0) is 0 Å². The van der Waals surface area contributed by atoms with E-state index in [4.69, 9.17) is 17.3 Å². The van der Waals surface area contributed by atoms with Gasteiger partial charge in [-0.25, -0.2) is 4.39 Å². The van der Waals surface area contributed by atoms with E-state index in [2.05, 4.69) is 0 Å². The van der Waals surface area contributed by atoms with Crippen molar-refractivity contribution < 1.29 is 4.39 Å². The molecule has 2 N–H and O–H groups in total. The van der Waals surface area contributed by atoms with E-state index in [1.54, 1.807) is 23.5 Å². The Bertz CT molecular complexity index is 550. The molecule has 0 bridgehead atoms. The van der Waals surface area contributed by atoms with Gasteiger partial charge in [0.25, 0.3) is 0 Å². The first-order valence-electron chi connectivity index (χ1n) is 5.27. The summed E-state index contributed by atoms with van der Waals surface area (Å²) in [5.41, 5.74) is 7.80. The van der Waals surface area contributed by atoms with Gasteiger partial charge in [0.1, 0.15) is 5.82 Å². The Morgan fingerprint density at radius 1 is 1.29 bits per heavy atom. The van der Waals surface area contributed by atoms with Gasteiger partial charge in [-0.15, -0.1) is 11.3 Å². The Labute approximate surface area is 109 Å². The van der Waals surface area contributed by atoms with Crippen LogP contribution in [0.15, 0.2) is 24.3 Å². The maximum atomic E-state index is 13.4. The van der Waals surface area contributed by atoms with Gasteiger partial charge in [0.05, 0.1) is 11.1 Å². The molecular weight excluding hydrogens is 257 g/mol. The molecule has 4 heteroatoms. The average Bonchev–Trinajstić information content (AvgIpc) is 2.61. The monoisotopic (exact) mass is 269 g/mol. The molecule has 1 nitrogen and oxygen atoms in total. The summed E-state index contributed by atoms with van der Waals surface area (Å²) < 4.78 is 13.4. The van der Waals surface area contributed by atoms with E-state index in [1.165, 1.54) is 10.9 Å². The van der Waals surface area contributed by atoms with Crippen LogP contribution >= 0.6 is 22.9 Å². The van der Waals surface area contributed by atoms with Crippen LogP contribution in [0.25, 0.3) is 0 Å². The van der Waals surface area contributed by atoms with Gasteiger partial charge in [0.15, 0.2) is 0 Å². The number of thiophene rings is 1. The molecule has 0 spiro atoms. The predicted octanol–water partition coefficient (Wildman–Crippen LogP) is 4.21. The molecule has 0 aliphatic heterocycles. The topological polar surface area (TPSA) is 26.0 Å². The highest BCUT2D eigenvalue weighted by Gasteiger charge is 2.18. The second-order valence-corrected chi connectivity index (χ2v) is 5.83. The maximum Gasteiger partial charge on any atom is 0.142 e. The van der Waals surface area contributed by atoms with Gasteiger partial charge < -0.3 is 5.73 Å². The van der Waals surface area contributed by atoms with Crippen molar-refractivity contribution in [3.63, 3.8) is 0 Å². The summed E-state index contributed by atoms with van der Waals surface area (Å²) in [5, 5.41) is 0.114. The molecule has 2 aromatic rings. The SMILES string of the molecule is Cc1cc(C(N)c2cccc(F)c2Cl)c(C)s1. The average molecular weight is 270 g/mol. The van der Waals surface area contributed by atoms with E-state index in [0.29, 0.717) is 5.56 Å². The molecule has 0 radical (unpaired) electrons. The third-order valence-electron chi connectivity index (χ3n) is 2.73. The molecular formula is C13H13ClFNS. The van der Waals surface area contributed by atoms with Crippen LogP contribution < -0.4 is 5.73 Å². The summed E-state index contributed by atoms with van der Waals surface area (Å²) in [5.74, 6) is -0.427. The predicted molar refractivity (Wildman–Crippen MR) is 71.2 cm³/mol. The van der Waals surface area contributed by atoms with Crippen molar-refractivity contribution in [3.8, 4) is 0 Å². The van der Waals surface area contributed by atoms with Crippen molar-refractivity contribution in [2.75, 3.05) is 0 Å². The van der Waals surface area contributed by atoms with Gasteiger partial charge in [-0.05, 0) is 37.1 Å². The molecule has 1 aromatic carbocycles. The highest BCUT2D eigenvalue weighted by molar-refractivity contribution is 7.12. The van der Waals surface area contributed by atoms with E-state index < -0.39 is 5.82 Å². The molecule has 0 aliphatic rings. The molecule has 0 fully saturated rings. The fourth-order valence-corrected chi connectivity index (χ4v) is 3.10. The quantitative estimate of drug-likeness (QED) is 0.869. The number of benzene rings is 1. The lowest BCUT2D eigenvalue weighted by atomic mass is 10.00. The minimum Gasteiger partial charge on any atom is -0.320 e. The first-order valence-corrected chi connectivity index (χ1v) is 6.46. The Morgan fingerprint density at radius 3 is 2.59 bits per heavy atom. The van der Waals surface area contributed by atoms with Crippen molar-refractivity contribution in [1.82, 2.24) is 0 Å². The molecule has 90 valence electrons. The van der Waals surface area contributed by atoms with Crippen molar-refractivity contribution in [3.05, 3.63) is 56.0 Å². The van der Waals surface area contributed by atoms with E-state index in [9.17, 15) is 4.39 Å². The molecule has 1 atom stereocenters. The smallest absolute Gasteiger partial charge is 0.142 e. The lowest BCUT2D eigenvalue weighted by Crippen LogP contribution is -2.13. The van der Waals surface area contributed by atoms with Gasteiger partial charge in [-0.1, -0.05) is 23.7 Å². The first kappa shape index (κ1) is 12.6. The van der Waals surface area contributed by atoms with Crippen LogP contribution in [-0.4, -0.2) is 0 Å². The zero-order chi connectivity index (χ0) is 12.6. The van der Waals surface area contributed by atoms with Gasteiger partial charge in [-0.3, -0.25) is 0 Å². The third-order valence-corrected chi connectivity index (χ3v) is 4.11. The molecule has 1 aromatic heterocycles. The van der Waals surface area contributed by atoms with Crippen molar-refractivity contribution >= 4 is 22.9 Å². The van der Waals surface area contributed by atoms with Crippen molar-refractivity contribution in [2.24, 2.45) is 5.73 Å². The lowest BCUT2D eigenvalue weighted by Gasteiger charge is -2.14. The summed E-state index contributed by atoms with van der Waals surface area (Å²) in [4.78, 5) is 2.34. The molecule has 0 saturated carbocycles. The van der Waals surface area contributed by atoms with Crippen LogP contribution in [0.2, 0.25) is 5.02 Å². The highest BCUT2D eigenvalue weighted by Crippen LogP contribution is 2.33. The number of halogens is 2. The van der Waals surface area contributed by atoms with Crippen LogP contribution in [0.4, 0.5) is 4.39 Å². The number of nitrogens with two attached hydrogens (primary N) is 1. The fraction of sp³-hybridized carbons (Fsp3) is 0.231. The molecule has 1 heterocycles. The molecule has 1 unspecified atom stereocenters. The minimum atomic E-state index is -0.427. The zero-order valence-corrected chi connectivity index (χ0v) is 11.2. The lowest BCUT2D eigenvalue weighted by molar-refractivity contribution is 0.624.